The molecule has 5 nitrogen and oxygen atoms in total. The largest absolute Gasteiger partial charge is 0.380 e. The highest BCUT2D eigenvalue weighted by molar-refractivity contribution is 5.39. The van der Waals surface area contributed by atoms with Gasteiger partial charge in [0.05, 0.1) is 13.2 Å². The number of nitrogens with one attached hydrogen (secondary N) is 1. The van der Waals surface area contributed by atoms with Crippen LogP contribution < -0.4 is 10.2 Å². The molecule has 0 aliphatic heterocycles. The molecule has 21 heavy (non-hydrogen) atoms. The quantitative estimate of drug-likeness (QED) is 0.598. The van der Waals surface area contributed by atoms with Gasteiger partial charge in [-0.25, -0.2) is 4.98 Å². The summed E-state index contributed by atoms with van der Waals surface area (Å²) in [5.41, 5.74) is 1.20. The van der Waals surface area contributed by atoms with E-state index in [1.807, 2.05) is 20.0 Å². The molecule has 1 aromatic rings. The van der Waals surface area contributed by atoms with Gasteiger partial charge >= 0.3 is 0 Å². The van der Waals surface area contributed by atoms with Crippen molar-refractivity contribution in [2.24, 2.45) is 0 Å². The third-order valence-electron chi connectivity index (χ3n) is 3.13. The molecule has 0 unspecified atom stereocenters. The smallest absolute Gasteiger partial charge is 0.128 e. The third-order valence-corrected chi connectivity index (χ3v) is 3.13. The van der Waals surface area contributed by atoms with Gasteiger partial charge in [-0.15, -0.1) is 0 Å². The Morgan fingerprint density at radius 3 is 2.19 bits per heavy atom. The van der Waals surface area contributed by atoms with Crippen LogP contribution in [0, 0.1) is 0 Å². The fourth-order valence-corrected chi connectivity index (χ4v) is 1.96. The number of ether oxygens (including phenoxy) is 2. The summed E-state index contributed by atoms with van der Waals surface area (Å²) in [6, 6.07) is 4.20. The molecular weight excluding hydrogens is 266 g/mol. The Hall–Kier alpha value is -1.17. The zero-order chi connectivity index (χ0) is 15.3. The van der Waals surface area contributed by atoms with Gasteiger partial charge in [-0.2, -0.15) is 0 Å². The molecule has 0 spiro atoms. The molecular formula is C16H29N3O2. The second-order valence-electron chi connectivity index (χ2n) is 4.69. The van der Waals surface area contributed by atoms with Gasteiger partial charge in [-0.1, -0.05) is 13.0 Å². The van der Waals surface area contributed by atoms with E-state index in [1.54, 1.807) is 0 Å². The number of rotatable bonds is 12. The molecule has 120 valence electrons. The summed E-state index contributed by atoms with van der Waals surface area (Å²) >= 11 is 0. The summed E-state index contributed by atoms with van der Waals surface area (Å²) in [6.45, 7) is 12.5. The zero-order valence-electron chi connectivity index (χ0n) is 13.6. The van der Waals surface area contributed by atoms with Crippen LogP contribution in [0.25, 0.3) is 0 Å². The van der Waals surface area contributed by atoms with Crippen LogP contribution in [0.2, 0.25) is 0 Å². The minimum Gasteiger partial charge on any atom is -0.380 e. The molecule has 0 aliphatic carbocycles. The molecule has 0 aromatic carbocycles. The molecule has 0 fully saturated rings. The molecule has 1 rings (SSSR count). The van der Waals surface area contributed by atoms with Crippen molar-refractivity contribution in [2.45, 2.75) is 27.3 Å². The molecule has 0 bridgehead atoms. The summed E-state index contributed by atoms with van der Waals surface area (Å²) in [6.07, 6.45) is 1.94. The number of hydrogen-bond donors (Lipinski definition) is 1. The van der Waals surface area contributed by atoms with Crippen LogP contribution in [0.4, 0.5) is 5.82 Å². The summed E-state index contributed by atoms with van der Waals surface area (Å²) in [5, 5.41) is 3.30. The Bertz CT molecular complexity index is 347. The molecule has 0 saturated heterocycles. The topological polar surface area (TPSA) is 46.6 Å². The first-order valence-electron chi connectivity index (χ1n) is 7.87. The number of nitrogens with zero attached hydrogens (tertiary/aromatic N) is 2. The van der Waals surface area contributed by atoms with Gasteiger partial charge in [-0.3, -0.25) is 0 Å². The Morgan fingerprint density at radius 1 is 1.05 bits per heavy atom. The maximum atomic E-state index is 5.45. The van der Waals surface area contributed by atoms with Crippen molar-refractivity contribution in [2.75, 3.05) is 51.0 Å². The maximum Gasteiger partial charge on any atom is 0.128 e. The van der Waals surface area contributed by atoms with Crippen molar-refractivity contribution in [3.8, 4) is 0 Å². The van der Waals surface area contributed by atoms with Crippen LogP contribution in [0.3, 0.4) is 0 Å². The van der Waals surface area contributed by atoms with E-state index < -0.39 is 0 Å². The minimum absolute atomic E-state index is 0.712. The predicted octanol–water partition coefficient (Wildman–Crippen LogP) is 2.07. The third kappa shape index (κ3) is 7.41. The lowest BCUT2D eigenvalue weighted by Crippen LogP contribution is -2.31. The van der Waals surface area contributed by atoms with Crippen molar-refractivity contribution in [3.63, 3.8) is 0 Å². The minimum atomic E-state index is 0.712. The zero-order valence-corrected chi connectivity index (χ0v) is 13.6. The van der Waals surface area contributed by atoms with Gasteiger partial charge in [0.2, 0.25) is 0 Å². The fraction of sp³-hybridized carbons (Fsp3) is 0.688. The molecule has 1 aromatic heterocycles. The van der Waals surface area contributed by atoms with Crippen LogP contribution in [-0.4, -0.2) is 51.0 Å². The Morgan fingerprint density at radius 2 is 1.71 bits per heavy atom. The van der Waals surface area contributed by atoms with Crippen LogP contribution >= 0.6 is 0 Å². The van der Waals surface area contributed by atoms with Crippen molar-refractivity contribution >= 4 is 5.82 Å². The molecule has 5 heteroatoms. The predicted molar refractivity (Wildman–Crippen MR) is 86.8 cm³/mol. The highest BCUT2D eigenvalue weighted by Gasteiger charge is 2.08. The van der Waals surface area contributed by atoms with Crippen LogP contribution in [0.5, 0.6) is 0 Å². The van der Waals surface area contributed by atoms with Gasteiger partial charge in [0.25, 0.3) is 0 Å². The first kappa shape index (κ1) is 17.9. The fourth-order valence-electron chi connectivity index (χ4n) is 1.96. The van der Waals surface area contributed by atoms with Gasteiger partial charge in [0.15, 0.2) is 0 Å². The van der Waals surface area contributed by atoms with Gasteiger partial charge in [0.1, 0.15) is 5.82 Å². The lowest BCUT2D eigenvalue weighted by atomic mass is 10.2. The van der Waals surface area contributed by atoms with E-state index in [4.69, 9.17) is 9.47 Å². The standard InChI is InChI=1S/C16H29N3O2/c1-4-17-13-15-7-8-16(18-14-15)19(9-11-20-5-2)10-12-21-6-3/h7-8,14,17H,4-6,9-13H2,1-3H3. The highest BCUT2D eigenvalue weighted by atomic mass is 16.5. The van der Waals surface area contributed by atoms with E-state index in [1.165, 1.54) is 5.56 Å². The van der Waals surface area contributed by atoms with E-state index in [2.05, 4.69) is 34.3 Å². The van der Waals surface area contributed by atoms with Gasteiger partial charge in [-0.05, 0) is 32.0 Å². The summed E-state index contributed by atoms with van der Waals surface area (Å²) in [5.74, 6) is 0.981. The van der Waals surface area contributed by atoms with E-state index >= 15 is 0 Å². The first-order chi connectivity index (χ1) is 10.3. The molecule has 0 saturated carbocycles. The van der Waals surface area contributed by atoms with E-state index in [-0.39, 0.29) is 0 Å². The average Bonchev–Trinajstić information content (AvgIpc) is 2.52. The van der Waals surface area contributed by atoms with Crippen molar-refractivity contribution < 1.29 is 9.47 Å². The summed E-state index contributed by atoms with van der Waals surface area (Å²) < 4.78 is 10.9. The summed E-state index contributed by atoms with van der Waals surface area (Å²) in [7, 11) is 0. The van der Waals surface area contributed by atoms with E-state index in [0.29, 0.717) is 13.2 Å². The maximum absolute atomic E-state index is 5.45. The van der Waals surface area contributed by atoms with Crippen LogP contribution in [0.1, 0.15) is 26.3 Å². The van der Waals surface area contributed by atoms with E-state index in [0.717, 1.165) is 45.2 Å². The summed E-state index contributed by atoms with van der Waals surface area (Å²) in [4.78, 5) is 6.77. The van der Waals surface area contributed by atoms with Crippen LogP contribution in [0.15, 0.2) is 18.3 Å². The van der Waals surface area contributed by atoms with Gasteiger partial charge in [0, 0.05) is 39.0 Å². The molecule has 0 amide bonds. The van der Waals surface area contributed by atoms with E-state index in [9.17, 15) is 0 Å². The second kappa shape index (κ2) is 11.5. The average molecular weight is 295 g/mol. The number of hydrogen-bond acceptors (Lipinski definition) is 5. The monoisotopic (exact) mass is 295 g/mol. The number of aromatic nitrogens is 1. The van der Waals surface area contributed by atoms with Crippen molar-refractivity contribution in [1.29, 1.82) is 0 Å². The Kier molecular flexibility index (Phi) is 9.78. The molecule has 0 radical (unpaired) electrons. The SMILES string of the molecule is CCNCc1ccc(N(CCOCC)CCOCC)nc1. The second-order valence-corrected chi connectivity index (χ2v) is 4.69. The van der Waals surface area contributed by atoms with Gasteiger partial charge < -0.3 is 19.7 Å². The lowest BCUT2D eigenvalue weighted by molar-refractivity contribution is 0.141. The molecule has 1 heterocycles. The first-order valence-corrected chi connectivity index (χ1v) is 7.87. The Labute approximate surface area is 128 Å². The molecule has 0 atom stereocenters. The van der Waals surface area contributed by atoms with Crippen molar-refractivity contribution in [1.82, 2.24) is 10.3 Å². The molecule has 0 aliphatic rings. The van der Waals surface area contributed by atoms with Crippen LogP contribution in [-0.2, 0) is 16.0 Å². The number of anilines is 1. The normalized spacial score (nSPS) is 10.8. The Balaban J connectivity index is 2.57. The van der Waals surface area contributed by atoms with Crippen molar-refractivity contribution in [3.05, 3.63) is 23.9 Å². The lowest BCUT2D eigenvalue weighted by Gasteiger charge is -2.23. The molecule has 1 N–H and O–H groups in total. The highest BCUT2D eigenvalue weighted by Crippen LogP contribution is 2.11. The number of pyridine rings is 1.